The van der Waals surface area contributed by atoms with Crippen molar-refractivity contribution in [3.8, 4) is 0 Å². The summed E-state index contributed by atoms with van der Waals surface area (Å²) in [6, 6.07) is 6.25. The molecule has 4 nitrogen and oxygen atoms in total. The van der Waals surface area contributed by atoms with Crippen LogP contribution in [0.4, 0.5) is 11.6 Å². The molecule has 2 rings (SSSR count). The van der Waals surface area contributed by atoms with E-state index >= 15 is 0 Å². The summed E-state index contributed by atoms with van der Waals surface area (Å²) in [6.45, 7) is 8.95. The van der Waals surface area contributed by atoms with Crippen LogP contribution in [0, 0.1) is 6.92 Å². The molecular weight excluding hydrogens is 439 g/mol. The molecule has 5 heteroatoms. The maximum atomic E-state index is 5.08. The summed E-state index contributed by atoms with van der Waals surface area (Å²) in [7, 11) is 0. The molecule has 0 radical (unpaired) electrons. The summed E-state index contributed by atoms with van der Waals surface area (Å²) in [5.41, 5.74) is 2.01. The Morgan fingerprint density at radius 1 is 0.852 bits per heavy atom. The number of aromatic nitrogens is 3. The van der Waals surface area contributed by atoms with Gasteiger partial charge in [0.2, 0.25) is 0 Å². The van der Waals surface area contributed by atoms with Crippen LogP contribution in [0.1, 0.15) is 65.0 Å². The van der Waals surface area contributed by atoms with Crippen LogP contribution in [0.3, 0.4) is 0 Å². The van der Waals surface area contributed by atoms with E-state index < -0.39 is 18.4 Å². The first kappa shape index (κ1) is 22.1. The Morgan fingerprint density at radius 2 is 1.44 bits per heavy atom. The quantitative estimate of drug-likeness (QED) is 0.384. The van der Waals surface area contributed by atoms with Crippen LogP contribution in [0.5, 0.6) is 0 Å². The zero-order chi connectivity index (χ0) is 19.5. The first-order chi connectivity index (χ1) is 13.1. The van der Waals surface area contributed by atoms with E-state index in [0.717, 1.165) is 17.3 Å². The van der Waals surface area contributed by atoms with E-state index in [1.54, 1.807) is 0 Å². The predicted molar refractivity (Wildman–Crippen MR) is 119 cm³/mol. The Morgan fingerprint density at radius 3 is 2.00 bits per heavy atom. The van der Waals surface area contributed by atoms with E-state index in [2.05, 4.69) is 42.1 Å². The summed E-state index contributed by atoms with van der Waals surface area (Å²) in [5, 5.41) is 3.40. The molecule has 0 atom stereocenters. The monoisotopic (exact) mass is 476 g/mol. The molecule has 2 aromatic heterocycles. The zero-order valence-corrected chi connectivity index (χ0v) is 20.4. The Balaban J connectivity index is 2.32. The minimum absolute atomic E-state index is 0.740. The van der Waals surface area contributed by atoms with Crippen LogP contribution in [0.2, 0.25) is 13.3 Å². The third-order valence-corrected chi connectivity index (χ3v) is 20.5. The van der Waals surface area contributed by atoms with Gasteiger partial charge in [-0.3, -0.25) is 0 Å². The van der Waals surface area contributed by atoms with Crippen molar-refractivity contribution in [2.24, 2.45) is 0 Å². The summed E-state index contributed by atoms with van der Waals surface area (Å²) < 4.78 is 5.70. The number of unbranched alkanes of at least 4 members (excludes halogenated alkanes) is 3. The van der Waals surface area contributed by atoms with Gasteiger partial charge in [-0.2, -0.15) is 0 Å². The van der Waals surface area contributed by atoms with Crippen molar-refractivity contribution < 1.29 is 0 Å². The molecule has 0 saturated carbocycles. The molecule has 0 bridgehead atoms. The van der Waals surface area contributed by atoms with Gasteiger partial charge >= 0.3 is 170 Å². The van der Waals surface area contributed by atoms with Crippen molar-refractivity contribution in [1.29, 1.82) is 0 Å². The molecule has 2 heterocycles. The van der Waals surface area contributed by atoms with Crippen molar-refractivity contribution in [2.45, 2.75) is 79.5 Å². The molecule has 0 aliphatic carbocycles. The van der Waals surface area contributed by atoms with Crippen LogP contribution < -0.4 is 9.03 Å². The Labute approximate surface area is 169 Å². The van der Waals surface area contributed by atoms with Crippen molar-refractivity contribution in [2.75, 3.05) is 5.32 Å². The van der Waals surface area contributed by atoms with Crippen molar-refractivity contribution in [3.63, 3.8) is 0 Å². The summed E-state index contributed by atoms with van der Waals surface area (Å²) >= 11 is -2.51. The number of rotatable bonds is 12. The molecular formula is C22H36N4Sn. The van der Waals surface area contributed by atoms with E-state index in [4.69, 9.17) is 4.98 Å². The number of hydrogen-bond donors (Lipinski definition) is 1. The second-order valence-electron chi connectivity index (χ2n) is 7.67. The van der Waals surface area contributed by atoms with Gasteiger partial charge in [0.1, 0.15) is 0 Å². The fourth-order valence-corrected chi connectivity index (χ4v) is 19.1. The summed E-state index contributed by atoms with van der Waals surface area (Å²) in [6.07, 6.45) is 11.7. The van der Waals surface area contributed by atoms with Crippen molar-refractivity contribution in [3.05, 3.63) is 36.3 Å². The van der Waals surface area contributed by atoms with E-state index in [0.29, 0.717) is 0 Å². The molecule has 0 aliphatic heterocycles. The van der Waals surface area contributed by atoms with Gasteiger partial charge in [0.25, 0.3) is 0 Å². The number of hydrogen-bond acceptors (Lipinski definition) is 4. The van der Waals surface area contributed by atoms with Gasteiger partial charge in [0.15, 0.2) is 0 Å². The van der Waals surface area contributed by atoms with Crippen LogP contribution in [-0.2, 0) is 0 Å². The minimum atomic E-state index is -2.51. The second-order valence-corrected chi connectivity index (χ2v) is 20.7. The Hall–Kier alpha value is -1.17. The molecule has 2 aromatic rings. The molecule has 0 unspecified atom stereocenters. The number of nitrogens with zero attached hydrogens (tertiary/aromatic N) is 3. The fourth-order valence-electron chi connectivity index (χ4n) is 3.77. The van der Waals surface area contributed by atoms with Gasteiger partial charge in [-0.05, 0) is 0 Å². The molecule has 0 amide bonds. The van der Waals surface area contributed by atoms with Crippen LogP contribution in [-0.4, -0.2) is 33.3 Å². The molecule has 1 N–H and O–H groups in total. The average molecular weight is 475 g/mol. The third-order valence-electron chi connectivity index (χ3n) is 5.38. The van der Waals surface area contributed by atoms with Crippen LogP contribution in [0.25, 0.3) is 0 Å². The Bertz CT molecular complexity index is 668. The molecule has 0 fully saturated rings. The molecule has 0 spiro atoms. The first-order valence-corrected chi connectivity index (χ1v) is 18.1. The number of anilines is 2. The van der Waals surface area contributed by atoms with Gasteiger partial charge in [0, 0.05) is 0 Å². The maximum absolute atomic E-state index is 5.08. The van der Waals surface area contributed by atoms with E-state index in [1.165, 1.54) is 55.5 Å². The van der Waals surface area contributed by atoms with E-state index in [9.17, 15) is 0 Å². The van der Waals surface area contributed by atoms with Gasteiger partial charge in [-0.25, -0.2) is 0 Å². The molecule has 148 valence electrons. The van der Waals surface area contributed by atoms with Crippen molar-refractivity contribution >= 4 is 33.7 Å². The third kappa shape index (κ3) is 6.74. The number of aryl methyl sites for hydroxylation is 1. The van der Waals surface area contributed by atoms with Gasteiger partial charge in [0.05, 0.1) is 0 Å². The normalized spacial score (nSPS) is 11.6. The number of pyridine rings is 1. The van der Waals surface area contributed by atoms with Gasteiger partial charge in [-0.1, -0.05) is 0 Å². The molecule has 27 heavy (non-hydrogen) atoms. The van der Waals surface area contributed by atoms with Gasteiger partial charge < -0.3 is 0 Å². The topological polar surface area (TPSA) is 50.7 Å². The second kappa shape index (κ2) is 11.6. The number of nitrogens with one attached hydrogen (secondary N) is 1. The van der Waals surface area contributed by atoms with Crippen LogP contribution >= 0.6 is 0 Å². The predicted octanol–water partition coefficient (Wildman–Crippen LogP) is 5.98. The zero-order valence-electron chi connectivity index (χ0n) is 17.6. The van der Waals surface area contributed by atoms with Crippen molar-refractivity contribution in [1.82, 2.24) is 15.0 Å². The Kier molecular flexibility index (Phi) is 9.52. The molecule has 0 aliphatic rings. The molecule has 0 saturated heterocycles. The van der Waals surface area contributed by atoms with E-state index in [1.807, 2.05) is 31.5 Å². The molecule has 0 aromatic carbocycles. The SMILES string of the molecule is CCC[CH2][Sn]([CH2]CCC)([CH2]CCC)[c]1ccnc(Nc2ccnc(C)c2)n1. The van der Waals surface area contributed by atoms with Crippen LogP contribution in [0.15, 0.2) is 30.6 Å². The summed E-state index contributed by atoms with van der Waals surface area (Å²) in [4.78, 5) is 13.9. The summed E-state index contributed by atoms with van der Waals surface area (Å²) in [5.74, 6) is 0.740. The standard InChI is InChI=1S/C10H9N4.3C4H9.Sn/c1-8-7-9(3-6-11-8)14-10-12-4-2-5-13-10;3*1-3-4-2;/h2-4,6-7H,1H3,(H,11,12,13,14);3*1,3-4H2,2H3;. The first-order valence-electron chi connectivity index (χ1n) is 10.7. The average Bonchev–Trinajstić information content (AvgIpc) is 2.68. The van der Waals surface area contributed by atoms with E-state index in [-0.39, 0.29) is 0 Å². The van der Waals surface area contributed by atoms with Gasteiger partial charge in [-0.15, -0.1) is 0 Å². The fraction of sp³-hybridized carbons (Fsp3) is 0.591.